The maximum atomic E-state index is 13.1. The Hall–Kier alpha value is -2.66. The van der Waals surface area contributed by atoms with Gasteiger partial charge in [0.25, 0.3) is 0 Å². The Bertz CT molecular complexity index is 918. The van der Waals surface area contributed by atoms with Crippen molar-refractivity contribution in [2.75, 3.05) is 6.54 Å². The third kappa shape index (κ3) is 6.97. The molecule has 17 heteroatoms. The highest BCUT2D eigenvalue weighted by Gasteiger charge is 2.42. The largest absolute Gasteiger partial charge is 0.433 e. The monoisotopic (exact) mass is 545 g/mol. The average Bonchev–Trinajstić information content (AvgIpc) is 2.73. The molecule has 0 fully saturated rings. The average molecular weight is 545 g/mol. The fraction of sp³-hybridized carbons (Fsp3) is 0.474. The van der Waals surface area contributed by atoms with E-state index in [4.69, 9.17) is 0 Å². The van der Waals surface area contributed by atoms with Crippen molar-refractivity contribution in [1.29, 1.82) is 0 Å². The summed E-state index contributed by atoms with van der Waals surface area (Å²) in [5, 5.41) is 21.1. The van der Waals surface area contributed by atoms with Crippen molar-refractivity contribution >= 4 is 0 Å². The normalized spacial score (nSPS) is 15.3. The number of halogens is 12. The molecule has 0 radical (unpaired) electrons. The van der Waals surface area contributed by atoms with Crippen molar-refractivity contribution in [2.24, 2.45) is 0 Å². The van der Waals surface area contributed by atoms with Gasteiger partial charge in [-0.1, -0.05) is 6.92 Å². The number of aliphatic hydroxyl groups excluding tert-OH is 2. The second-order valence-corrected chi connectivity index (χ2v) is 7.32. The maximum absolute atomic E-state index is 13.1. The molecule has 5 nitrogen and oxygen atoms in total. The summed E-state index contributed by atoms with van der Waals surface area (Å²) in [6, 6.07) is 0.0164. The molecule has 36 heavy (non-hydrogen) atoms. The van der Waals surface area contributed by atoms with E-state index in [0.29, 0.717) is 4.90 Å². The molecule has 0 amide bonds. The van der Waals surface area contributed by atoms with Gasteiger partial charge in [0.05, 0.1) is 0 Å². The van der Waals surface area contributed by atoms with E-state index >= 15 is 0 Å². The molecule has 0 aliphatic heterocycles. The molecule has 0 saturated heterocycles. The molecule has 0 saturated carbocycles. The molecule has 0 aliphatic rings. The summed E-state index contributed by atoms with van der Waals surface area (Å²) in [4.78, 5) is 5.20. The number of pyridine rings is 2. The minimum Gasteiger partial charge on any atom is -0.374 e. The van der Waals surface area contributed by atoms with Crippen LogP contribution in [0, 0.1) is 0 Å². The number of hydrogen-bond donors (Lipinski definition) is 2. The number of hydrogen-bond acceptors (Lipinski definition) is 5. The molecule has 2 rings (SSSR count). The van der Waals surface area contributed by atoms with Crippen LogP contribution < -0.4 is 0 Å². The fourth-order valence-electron chi connectivity index (χ4n) is 3.00. The van der Waals surface area contributed by atoms with Crippen LogP contribution in [-0.4, -0.2) is 31.6 Å². The lowest BCUT2D eigenvalue weighted by Crippen LogP contribution is -2.34. The highest BCUT2D eigenvalue weighted by Crippen LogP contribution is 2.39. The minimum atomic E-state index is -5.42. The van der Waals surface area contributed by atoms with Crippen LogP contribution in [0.2, 0.25) is 0 Å². The standard InChI is InChI=1S/C19H15F12N3O2/c1-2-3-34(14(35)8-4-10(16(20,21)22)32-11(5-8)17(23,24)25)15(36)9-6-12(18(26,27)28)33-13(7-9)19(29,30)31/h4-7,14-15,35-36H,2-3H2,1H3. The lowest BCUT2D eigenvalue weighted by molar-refractivity contribution is -0.151. The van der Waals surface area contributed by atoms with Gasteiger partial charge in [-0.05, 0) is 41.8 Å². The predicted molar refractivity (Wildman–Crippen MR) is 95.4 cm³/mol. The quantitative estimate of drug-likeness (QED) is 0.347. The van der Waals surface area contributed by atoms with Crippen LogP contribution >= 0.6 is 0 Å². The van der Waals surface area contributed by atoms with Crippen molar-refractivity contribution in [3.8, 4) is 0 Å². The highest BCUT2D eigenvalue weighted by atomic mass is 19.4. The molecular formula is C19H15F12N3O2. The van der Waals surface area contributed by atoms with E-state index in [1.54, 1.807) is 0 Å². The number of aromatic nitrogens is 2. The molecule has 2 aromatic rings. The first-order valence-corrected chi connectivity index (χ1v) is 9.61. The smallest absolute Gasteiger partial charge is 0.374 e. The Balaban J connectivity index is 2.66. The van der Waals surface area contributed by atoms with Gasteiger partial charge in [0.1, 0.15) is 35.2 Å². The highest BCUT2D eigenvalue weighted by molar-refractivity contribution is 5.29. The summed E-state index contributed by atoms with van der Waals surface area (Å²) in [5.74, 6) is 0. The van der Waals surface area contributed by atoms with Gasteiger partial charge in [-0.15, -0.1) is 0 Å². The summed E-state index contributed by atoms with van der Waals surface area (Å²) < 4.78 is 157. The van der Waals surface area contributed by atoms with E-state index in [9.17, 15) is 62.9 Å². The van der Waals surface area contributed by atoms with Gasteiger partial charge < -0.3 is 10.2 Å². The van der Waals surface area contributed by atoms with Crippen LogP contribution in [0.5, 0.6) is 0 Å². The molecule has 2 heterocycles. The molecular weight excluding hydrogens is 530 g/mol. The zero-order chi connectivity index (χ0) is 27.9. The van der Waals surface area contributed by atoms with Crippen LogP contribution in [0.25, 0.3) is 0 Å². The van der Waals surface area contributed by atoms with Crippen molar-refractivity contribution in [2.45, 2.75) is 50.5 Å². The molecule has 2 N–H and O–H groups in total. The summed E-state index contributed by atoms with van der Waals surface area (Å²) >= 11 is 0. The summed E-state index contributed by atoms with van der Waals surface area (Å²) in [6.07, 6.45) is -26.8. The van der Waals surface area contributed by atoms with E-state index in [2.05, 4.69) is 9.97 Å². The van der Waals surface area contributed by atoms with Crippen molar-refractivity contribution in [3.05, 3.63) is 58.2 Å². The zero-order valence-corrected chi connectivity index (χ0v) is 17.6. The van der Waals surface area contributed by atoms with Crippen LogP contribution in [-0.2, 0) is 24.7 Å². The molecule has 0 bridgehead atoms. The predicted octanol–water partition coefficient (Wildman–Crippen LogP) is 5.95. The van der Waals surface area contributed by atoms with E-state index in [0.717, 1.165) is 0 Å². The molecule has 2 unspecified atom stereocenters. The lowest BCUT2D eigenvalue weighted by Gasteiger charge is -2.33. The van der Waals surface area contributed by atoms with Gasteiger partial charge in [-0.2, -0.15) is 52.7 Å². The molecule has 0 aliphatic carbocycles. The van der Waals surface area contributed by atoms with Crippen molar-refractivity contribution in [3.63, 3.8) is 0 Å². The van der Waals surface area contributed by atoms with E-state index in [1.807, 2.05) is 0 Å². The minimum absolute atomic E-state index is 0.00409. The van der Waals surface area contributed by atoms with Crippen LogP contribution in [0.3, 0.4) is 0 Å². The van der Waals surface area contributed by atoms with Crippen molar-refractivity contribution < 1.29 is 62.9 Å². The lowest BCUT2D eigenvalue weighted by atomic mass is 10.1. The summed E-state index contributed by atoms with van der Waals surface area (Å²) in [6.45, 7) is 0.758. The van der Waals surface area contributed by atoms with Gasteiger partial charge in [-0.3, -0.25) is 0 Å². The SMILES string of the molecule is CCCN(C(O)c1cc(C(F)(F)F)nc(C(F)(F)F)c1)C(O)c1cc(C(F)(F)F)nc(C(F)(F)F)c1. The molecule has 0 spiro atoms. The van der Waals surface area contributed by atoms with E-state index in [-0.39, 0.29) is 30.7 Å². The first-order valence-electron chi connectivity index (χ1n) is 9.61. The van der Waals surface area contributed by atoms with Gasteiger partial charge in [0.15, 0.2) is 0 Å². The van der Waals surface area contributed by atoms with Crippen LogP contribution in [0.15, 0.2) is 24.3 Å². The van der Waals surface area contributed by atoms with Gasteiger partial charge in [-0.25, -0.2) is 14.9 Å². The van der Waals surface area contributed by atoms with Crippen LogP contribution in [0.4, 0.5) is 52.7 Å². The number of rotatable bonds is 6. The third-order valence-corrected chi connectivity index (χ3v) is 4.56. The second kappa shape index (κ2) is 10.0. The first-order chi connectivity index (χ1) is 16.2. The molecule has 2 atom stereocenters. The van der Waals surface area contributed by atoms with E-state index < -0.39 is 77.6 Å². The second-order valence-electron chi connectivity index (χ2n) is 7.32. The number of aliphatic hydroxyl groups is 2. The summed E-state index contributed by atoms with van der Waals surface area (Å²) in [7, 11) is 0. The Kier molecular flexibility index (Phi) is 8.22. The van der Waals surface area contributed by atoms with E-state index in [1.165, 1.54) is 6.92 Å². The number of alkyl halides is 12. The molecule has 0 aromatic carbocycles. The third-order valence-electron chi connectivity index (χ3n) is 4.56. The Morgan fingerprint density at radius 1 is 0.611 bits per heavy atom. The van der Waals surface area contributed by atoms with Gasteiger partial charge in [0.2, 0.25) is 0 Å². The van der Waals surface area contributed by atoms with Crippen molar-refractivity contribution in [1.82, 2.24) is 14.9 Å². The molecule has 2 aromatic heterocycles. The fourth-order valence-corrected chi connectivity index (χ4v) is 3.00. The Morgan fingerprint density at radius 2 is 0.861 bits per heavy atom. The topological polar surface area (TPSA) is 69.5 Å². The Morgan fingerprint density at radius 3 is 1.06 bits per heavy atom. The van der Waals surface area contributed by atoms with Gasteiger partial charge in [0, 0.05) is 6.54 Å². The first kappa shape index (κ1) is 29.6. The number of nitrogens with zero attached hydrogens (tertiary/aromatic N) is 3. The molecule has 202 valence electrons. The zero-order valence-electron chi connectivity index (χ0n) is 17.6. The summed E-state index contributed by atoms with van der Waals surface area (Å²) in [5.41, 5.74) is -10.6. The Labute approximate surface area is 194 Å². The van der Waals surface area contributed by atoms with Crippen LogP contribution in [0.1, 0.15) is 59.7 Å². The van der Waals surface area contributed by atoms with Gasteiger partial charge >= 0.3 is 24.7 Å². The maximum Gasteiger partial charge on any atom is 0.433 e.